The molecule has 0 unspecified atom stereocenters. The number of anilines is 1. The average molecular weight is 353 g/mol. The lowest BCUT2D eigenvalue weighted by Gasteiger charge is -2.12. The van der Waals surface area contributed by atoms with Gasteiger partial charge in [-0.3, -0.25) is 4.79 Å². The second kappa shape index (κ2) is 8.25. The number of benzene rings is 3. The third-order valence-electron chi connectivity index (χ3n) is 3.76. The molecule has 3 aromatic carbocycles. The van der Waals surface area contributed by atoms with Crippen LogP contribution in [0.2, 0.25) is 0 Å². The Morgan fingerprint density at radius 3 is 2.38 bits per heavy atom. The molecule has 0 fully saturated rings. The molecule has 0 heterocycles. The number of amides is 1. The highest BCUT2D eigenvalue weighted by molar-refractivity contribution is 5.92. The Kier molecular flexibility index (Phi) is 5.59. The van der Waals surface area contributed by atoms with Gasteiger partial charge < -0.3 is 10.1 Å². The lowest BCUT2D eigenvalue weighted by molar-refractivity contribution is -0.116. The summed E-state index contributed by atoms with van der Waals surface area (Å²) >= 11 is 0. The van der Waals surface area contributed by atoms with E-state index in [1.165, 1.54) is 6.07 Å². The second-order valence-corrected chi connectivity index (χ2v) is 5.71. The normalized spacial score (nSPS) is 10.4. The van der Waals surface area contributed by atoms with Gasteiger partial charge in [0.1, 0.15) is 5.75 Å². The first-order valence-electron chi connectivity index (χ1n) is 8.17. The Labute approximate surface area is 150 Å². The van der Waals surface area contributed by atoms with Gasteiger partial charge in [-0.05, 0) is 48.4 Å². The van der Waals surface area contributed by atoms with Crippen LogP contribution in [0.1, 0.15) is 12.0 Å². The van der Waals surface area contributed by atoms with E-state index in [0.29, 0.717) is 29.2 Å². The highest BCUT2D eigenvalue weighted by Gasteiger charge is 2.10. The third-order valence-corrected chi connectivity index (χ3v) is 3.76. The molecule has 132 valence electrons. The van der Waals surface area contributed by atoms with Crippen molar-refractivity contribution in [2.45, 2.75) is 12.8 Å². The van der Waals surface area contributed by atoms with Crippen LogP contribution >= 0.6 is 0 Å². The first-order valence-corrected chi connectivity index (χ1v) is 8.17. The van der Waals surface area contributed by atoms with Crippen molar-refractivity contribution in [2.24, 2.45) is 0 Å². The Hall–Kier alpha value is -3.21. The maximum Gasteiger partial charge on any atom is 0.224 e. The fourth-order valence-electron chi connectivity index (χ4n) is 2.44. The van der Waals surface area contributed by atoms with Gasteiger partial charge in [-0.2, -0.15) is 0 Å². The van der Waals surface area contributed by atoms with Crippen LogP contribution in [-0.2, 0) is 11.2 Å². The van der Waals surface area contributed by atoms with Crippen LogP contribution in [0.3, 0.4) is 0 Å². The first-order chi connectivity index (χ1) is 12.6. The molecule has 3 rings (SSSR count). The van der Waals surface area contributed by atoms with E-state index in [9.17, 15) is 13.6 Å². The summed E-state index contributed by atoms with van der Waals surface area (Å²) in [4.78, 5) is 12.2. The number of aryl methyl sites for hydroxylation is 1. The number of hydrogen-bond donors (Lipinski definition) is 1. The fraction of sp³-hybridized carbons (Fsp3) is 0.0952. The van der Waals surface area contributed by atoms with Crippen molar-refractivity contribution in [3.63, 3.8) is 0 Å². The van der Waals surface area contributed by atoms with Gasteiger partial charge >= 0.3 is 0 Å². The quantitative estimate of drug-likeness (QED) is 0.651. The number of nitrogens with one attached hydrogen (secondary N) is 1. The zero-order chi connectivity index (χ0) is 18.4. The van der Waals surface area contributed by atoms with Crippen molar-refractivity contribution in [1.29, 1.82) is 0 Å². The van der Waals surface area contributed by atoms with Crippen molar-refractivity contribution < 1.29 is 18.3 Å². The predicted molar refractivity (Wildman–Crippen MR) is 96.3 cm³/mol. The lowest BCUT2D eigenvalue weighted by Crippen LogP contribution is -2.13. The Morgan fingerprint density at radius 2 is 1.62 bits per heavy atom. The Morgan fingerprint density at radius 1 is 0.885 bits per heavy atom. The Bertz CT molecular complexity index is 898. The van der Waals surface area contributed by atoms with Crippen LogP contribution in [0.4, 0.5) is 14.5 Å². The van der Waals surface area contributed by atoms with Gasteiger partial charge in [0.25, 0.3) is 0 Å². The first kappa shape index (κ1) is 17.6. The van der Waals surface area contributed by atoms with Gasteiger partial charge in [0.05, 0.1) is 5.69 Å². The van der Waals surface area contributed by atoms with Crippen molar-refractivity contribution >= 4 is 11.6 Å². The molecule has 5 heteroatoms. The molecule has 0 aliphatic carbocycles. The van der Waals surface area contributed by atoms with Gasteiger partial charge in [0.2, 0.25) is 5.91 Å². The molecule has 0 atom stereocenters. The molecule has 0 bridgehead atoms. The van der Waals surface area contributed by atoms with Crippen LogP contribution in [0.15, 0.2) is 72.8 Å². The smallest absolute Gasteiger partial charge is 0.224 e. The fourth-order valence-corrected chi connectivity index (χ4v) is 2.44. The lowest BCUT2D eigenvalue weighted by atomic mass is 10.1. The summed E-state index contributed by atoms with van der Waals surface area (Å²) in [7, 11) is 0. The summed E-state index contributed by atoms with van der Waals surface area (Å²) in [6.07, 6.45) is 0.454. The minimum absolute atomic E-state index is 0.144. The molecule has 26 heavy (non-hydrogen) atoms. The number of hydrogen-bond acceptors (Lipinski definition) is 2. The van der Waals surface area contributed by atoms with E-state index in [1.807, 2.05) is 36.4 Å². The van der Waals surface area contributed by atoms with Crippen molar-refractivity contribution in [2.75, 3.05) is 5.32 Å². The van der Waals surface area contributed by atoms with E-state index in [2.05, 4.69) is 5.32 Å². The molecule has 0 saturated carbocycles. The maximum atomic E-state index is 13.2. The topological polar surface area (TPSA) is 38.3 Å². The van der Waals surface area contributed by atoms with E-state index in [1.54, 1.807) is 18.2 Å². The minimum atomic E-state index is -0.912. The zero-order valence-corrected chi connectivity index (χ0v) is 13.9. The number of carbonyl (C=O) groups excluding carboxylic acids is 1. The second-order valence-electron chi connectivity index (χ2n) is 5.71. The predicted octanol–water partition coefficient (Wildman–Crippen LogP) is 5.33. The average Bonchev–Trinajstić information content (AvgIpc) is 2.65. The number of carbonyl (C=O) groups is 1. The number of halogens is 2. The number of ether oxygens (including phenoxy) is 1. The summed E-state index contributed by atoms with van der Waals surface area (Å²) in [5, 5.41) is 2.80. The SMILES string of the molecule is O=C(CCc1ccc(F)c(F)c1)Nc1ccccc1Oc1ccccc1. The van der Waals surface area contributed by atoms with Crippen LogP contribution in [0.5, 0.6) is 11.5 Å². The molecule has 1 amide bonds. The molecular weight excluding hydrogens is 336 g/mol. The molecule has 0 radical (unpaired) electrons. The van der Waals surface area contributed by atoms with E-state index < -0.39 is 11.6 Å². The molecule has 3 nitrogen and oxygen atoms in total. The summed E-state index contributed by atoms with van der Waals surface area (Å²) in [6, 6.07) is 20.0. The summed E-state index contributed by atoms with van der Waals surface area (Å²) in [5.41, 5.74) is 1.11. The monoisotopic (exact) mass is 353 g/mol. The van der Waals surface area contributed by atoms with Gasteiger partial charge in [0, 0.05) is 6.42 Å². The number of rotatable bonds is 6. The summed E-state index contributed by atoms with van der Waals surface area (Å²) in [5.74, 6) is -0.857. The van der Waals surface area contributed by atoms with Crippen LogP contribution in [0.25, 0.3) is 0 Å². The van der Waals surface area contributed by atoms with Crippen molar-refractivity contribution in [1.82, 2.24) is 0 Å². The molecule has 0 spiro atoms. The van der Waals surface area contributed by atoms with E-state index >= 15 is 0 Å². The minimum Gasteiger partial charge on any atom is -0.455 e. The van der Waals surface area contributed by atoms with Gasteiger partial charge in [0.15, 0.2) is 17.4 Å². The third kappa shape index (κ3) is 4.66. The highest BCUT2D eigenvalue weighted by atomic mass is 19.2. The van der Waals surface area contributed by atoms with E-state index in [4.69, 9.17) is 4.74 Å². The standard InChI is InChI=1S/C21H17F2NO2/c22-17-12-10-15(14-18(17)23)11-13-21(25)24-19-8-4-5-9-20(19)26-16-6-2-1-3-7-16/h1-10,12,14H,11,13H2,(H,24,25). The molecule has 0 saturated heterocycles. The van der Waals surface area contributed by atoms with E-state index in [-0.39, 0.29) is 12.3 Å². The molecule has 1 N–H and O–H groups in total. The van der Waals surface area contributed by atoms with E-state index in [0.717, 1.165) is 12.1 Å². The van der Waals surface area contributed by atoms with Crippen LogP contribution < -0.4 is 10.1 Å². The van der Waals surface area contributed by atoms with Gasteiger partial charge in [-0.15, -0.1) is 0 Å². The molecule has 0 aromatic heterocycles. The zero-order valence-electron chi connectivity index (χ0n) is 13.9. The number of para-hydroxylation sites is 3. The highest BCUT2D eigenvalue weighted by Crippen LogP contribution is 2.29. The molecule has 3 aromatic rings. The molecule has 0 aliphatic rings. The summed E-state index contributed by atoms with van der Waals surface area (Å²) < 4.78 is 32.0. The van der Waals surface area contributed by atoms with Crippen molar-refractivity contribution in [3.8, 4) is 11.5 Å². The van der Waals surface area contributed by atoms with Gasteiger partial charge in [-0.1, -0.05) is 36.4 Å². The van der Waals surface area contributed by atoms with Crippen molar-refractivity contribution in [3.05, 3.63) is 90.0 Å². The van der Waals surface area contributed by atoms with Crippen LogP contribution in [0, 0.1) is 11.6 Å². The molecule has 0 aliphatic heterocycles. The Balaban J connectivity index is 1.63. The summed E-state index contributed by atoms with van der Waals surface area (Å²) in [6.45, 7) is 0. The largest absolute Gasteiger partial charge is 0.455 e. The van der Waals surface area contributed by atoms with Gasteiger partial charge in [-0.25, -0.2) is 8.78 Å². The maximum absolute atomic E-state index is 13.2. The van der Waals surface area contributed by atoms with Crippen LogP contribution in [-0.4, -0.2) is 5.91 Å². The molecular formula is C21H17F2NO2.